The Kier molecular flexibility index (Phi) is 37.3. The van der Waals surface area contributed by atoms with Crippen molar-refractivity contribution in [1.82, 2.24) is 0 Å². The summed E-state index contributed by atoms with van der Waals surface area (Å²) in [6, 6.07) is 0. The maximum absolute atomic E-state index is 13.3. The fourth-order valence-electron chi connectivity index (χ4n) is 15.9. The summed E-state index contributed by atoms with van der Waals surface area (Å²) < 4.78 is 34.0. The number of ketones is 1. The summed E-state index contributed by atoms with van der Waals surface area (Å²) in [5.74, 6) is 0.985. The largest absolute Gasteiger partial charge is 0.511 e. The Labute approximate surface area is 519 Å². The molecule has 12 nitrogen and oxygen atoms in total. The van der Waals surface area contributed by atoms with Gasteiger partial charge in [0.15, 0.2) is 6.10 Å². The molecule has 0 amide bonds. The molecule has 0 heterocycles. The van der Waals surface area contributed by atoms with Crippen LogP contribution in [-0.2, 0) is 52.4 Å². The number of rotatable bonds is 48. The summed E-state index contributed by atoms with van der Waals surface area (Å²) in [6.07, 6.45) is 46.3. The Morgan fingerprint density at radius 2 is 0.859 bits per heavy atom. The van der Waals surface area contributed by atoms with Crippen molar-refractivity contribution < 1.29 is 57.2 Å². The molecule has 0 saturated heterocycles. The first-order valence-electron chi connectivity index (χ1n) is 36.1. The third kappa shape index (κ3) is 28.0. The molecule has 3 unspecified atom stereocenters. The lowest BCUT2D eigenvalue weighted by atomic mass is 9.44. The fourth-order valence-corrected chi connectivity index (χ4v) is 15.9. The summed E-state index contributed by atoms with van der Waals surface area (Å²) in [7, 11) is 0. The van der Waals surface area contributed by atoms with E-state index in [-0.39, 0.29) is 71.8 Å². The average molecular weight is 1200 g/mol. The van der Waals surface area contributed by atoms with Gasteiger partial charge < -0.3 is 28.4 Å². The predicted octanol–water partition coefficient (Wildman–Crippen LogP) is 20.0. The van der Waals surface area contributed by atoms with Gasteiger partial charge in [-0.05, 0) is 125 Å². The molecule has 0 aromatic carbocycles. The summed E-state index contributed by atoms with van der Waals surface area (Å²) in [4.78, 5) is 77.5. The third-order valence-corrected chi connectivity index (χ3v) is 21.4. The Hall–Kier alpha value is -3.18. The highest BCUT2D eigenvalue weighted by Crippen LogP contribution is 2.67. The van der Waals surface area contributed by atoms with Gasteiger partial charge in [-0.15, -0.1) is 0 Å². The van der Waals surface area contributed by atoms with Crippen molar-refractivity contribution in [2.24, 2.45) is 52.3 Å². The Morgan fingerprint density at radius 1 is 0.447 bits per heavy atom. The molecule has 492 valence electrons. The van der Waals surface area contributed by atoms with Crippen LogP contribution in [0.2, 0.25) is 0 Å². The number of ether oxygens (including phenoxy) is 6. The summed E-state index contributed by atoms with van der Waals surface area (Å²) in [5, 5.41) is 0. The molecule has 85 heavy (non-hydrogen) atoms. The molecule has 4 saturated carbocycles. The summed E-state index contributed by atoms with van der Waals surface area (Å²) in [5.41, 5.74) is 0.374. The molecule has 4 rings (SSSR count). The van der Waals surface area contributed by atoms with E-state index in [1.807, 2.05) is 13.8 Å². The predicted molar refractivity (Wildman–Crippen MR) is 340 cm³/mol. The molecule has 0 aromatic rings. The molecule has 4 aliphatic carbocycles. The lowest BCUT2D eigenvalue weighted by Crippen LogP contribution is -2.54. The Morgan fingerprint density at radius 3 is 1.32 bits per heavy atom. The van der Waals surface area contributed by atoms with E-state index in [0.717, 1.165) is 116 Å². The molecular weight excluding hydrogens is 1070 g/mol. The van der Waals surface area contributed by atoms with Crippen LogP contribution in [0.25, 0.3) is 0 Å². The van der Waals surface area contributed by atoms with Gasteiger partial charge in [0.1, 0.15) is 25.1 Å². The van der Waals surface area contributed by atoms with Crippen LogP contribution < -0.4 is 0 Å². The van der Waals surface area contributed by atoms with Crippen molar-refractivity contribution in [3.05, 3.63) is 0 Å². The highest BCUT2D eigenvalue weighted by molar-refractivity contribution is 5.79. The normalized spacial score (nSPS) is 24.5. The molecule has 0 aromatic heterocycles. The maximum atomic E-state index is 13.3. The van der Waals surface area contributed by atoms with Gasteiger partial charge in [-0.3, -0.25) is 24.0 Å². The molecule has 4 fully saturated rings. The number of carbonyl (C=O) groups is 6. The number of esters is 4. The van der Waals surface area contributed by atoms with Crippen molar-refractivity contribution in [2.45, 2.75) is 363 Å². The Balaban J connectivity index is 1.06. The fraction of sp³-hybridized carbons (Fsp3) is 0.918. The zero-order valence-corrected chi connectivity index (χ0v) is 55.9. The number of hydrogen-bond acceptors (Lipinski definition) is 12. The Bertz CT molecular complexity index is 1820. The minimum Gasteiger partial charge on any atom is -0.462 e. The molecule has 11 atom stereocenters. The zero-order chi connectivity index (χ0) is 61.7. The lowest BCUT2D eigenvalue weighted by molar-refractivity contribution is -0.175. The minimum atomic E-state index is -1.04. The second-order valence-electron chi connectivity index (χ2n) is 28.2. The van der Waals surface area contributed by atoms with Gasteiger partial charge in [-0.2, -0.15) is 0 Å². The van der Waals surface area contributed by atoms with Crippen molar-refractivity contribution in [3.63, 3.8) is 0 Å². The first kappa shape index (κ1) is 74.3. The summed E-state index contributed by atoms with van der Waals surface area (Å²) >= 11 is 0. The van der Waals surface area contributed by atoms with E-state index in [0.29, 0.717) is 55.1 Å². The van der Waals surface area contributed by atoms with Crippen LogP contribution >= 0.6 is 0 Å². The topological polar surface area (TPSA) is 158 Å². The van der Waals surface area contributed by atoms with E-state index in [4.69, 9.17) is 28.4 Å². The first-order valence-corrected chi connectivity index (χ1v) is 36.1. The monoisotopic (exact) mass is 1200 g/mol. The van der Waals surface area contributed by atoms with Crippen molar-refractivity contribution in [1.29, 1.82) is 0 Å². The van der Waals surface area contributed by atoms with Crippen molar-refractivity contribution in [3.8, 4) is 0 Å². The SMILES string of the molecule is CCCCCCCCCCCCCCCC(=O)OCC(COC(=O)CCCCCCCCCCCCCCC)OC(=O)C(C)CCCCCCCCC(C)C(=O)OC(C)OC(=O)O[C@@H]1CC[C@@]2(C)[C@@H](CC[C@@H]3[C@@H]2CC[C@]2(C)[C@@H](C(C)=O)CC[C@@H]32)C1. The smallest absolute Gasteiger partial charge is 0.462 e. The van der Waals surface area contributed by atoms with Gasteiger partial charge in [0, 0.05) is 25.7 Å². The quantitative estimate of drug-likeness (QED) is 0.0246. The number of hydrogen-bond donors (Lipinski definition) is 0. The van der Waals surface area contributed by atoms with Crippen LogP contribution in [-0.4, -0.2) is 67.5 Å². The molecule has 0 bridgehead atoms. The standard InChI is InChI=1S/C73H128O12/c1-9-11-13-15-17-19-21-23-25-27-29-35-39-43-67(75)80-54-62(55-81-68(76)44-40-36-30-28-26-24-22-20-18-16-14-12-10-2)84-70(78)57(4)42-38-34-32-31-33-37-41-56(3)69(77)82-59(6)83-71(79)85-61-49-51-72(7)60(53-61)45-46-63-65-48-47-64(58(5)74)73(65,8)52-50-66(63)72/h56-57,59-66H,9-55H2,1-8H3/t56?,57?,59?,60-,61+,63-,64+,65-,66-,72-,73+/m0/s1. The van der Waals surface area contributed by atoms with Crippen LogP contribution in [0.5, 0.6) is 0 Å². The van der Waals surface area contributed by atoms with Gasteiger partial charge in [0.05, 0.1) is 11.8 Å². The van der Waals surface area contributed by atoms with Crippen molar-refractivity contribution >= 4 is 35.8 Å². The molecule has 4 aliphatic rings. The molecule has 0 radical (unpaired) electrons. The highest BCUT2D eigenvalue weighted by atomic mass is 16.8. The van der Waals surface area contributed by atoms with Crippen molar-refractivity contribution in [2.75, 3.05) is 13.2 Å². The maximum Gasteiger partial charge on any atom is 0.511 e. The minimum absolute atomic E-state index is 0.131. The second-order valence-corrected chi connectivity index (χ2v) is 28.2. The van der Waals surface area contributed by atoms with Gasteiger partial charge in [-0.1, -0.05) is 234 Å². The second kappa shape index (κ2) is 42.7. The van der Waals surface area contributed by atoms with Crippen LogP contribution in [0.3, 0.4) is 0 Å². The van der Waals surface area contributed by atoms with Gasteiger partial charge >= 0.3 is 30.0 Å². The van der Waals surface area contributed by atoms with E-state index >= 15 is 0 Å². The number of unbranched alkanes of at least 4 members (excludes halogenated alkanes) is 29. The van der Waals surface area contributed by atoms with E-state index < -0.39 is 18.5 Å². The van der Waals surface area contributed by atoms with Gasteiger partial charge in [0.2, 0.25) is 6.29 Å². The van der Waals surface area contributed by atoms with E-state index in [9.17, 15) is 28.8 Å². The zero-order valence-electron chi connectivity index (χ0n) is 55.9. The molecule has 12 heteroatoms. The number of Topliss-reactive ketones (excluding diaryl/α,β-unsaturated/α-hetero) is 1. The number of carbonyl (C=O) groups excluding carboxylic acids is 6. The first-order chi connectivity index (χ1) is 41.0. The van der Waals surface area contributed by atoms with Crippen LogP contribution in [0.4, 0.5) is 4.79 Å². The molecule has 0 N–H and O–H groups in total. The molecule has 0 aliphatic heterocycles. The van der Waals surface area contributed by atoms with E-state index in [1.165, 1.54) is 148 Å². The third-order valence-electron chi connectivity index (χ3n) is 21.4. The summed E-state index contributed by atoms with van der Waals surface area (Å²) in [6.45, 7) is 16.2. The number of fused-ring (bicyclic) bond motifs is 5. The van der Waals surface area contributed by atoms with Crippen LogP contribution in [0, 0.1) is 52.3 Å². The molecular formula is C73H128O12. The van der Waals surface area contributed by atoms with E-state index in [1.54, 1.807) is 13.8 Å². The van der Waals surface area contributed by atoms with E-state index in [2.05, 4.69) is 27.7 Å². The highest BCUT2D eigenvalue weighted by Gasteiger charge is 2.61. The average Bonchev–Trinajstić information content (AvgIpc) is 1.80. The van der Waals surface area contributed by atoms with Crippen LogP contribution in [0.15, 0.2) is 0 Å². The molecule has 0 spiro atoms. The lowest BCUT2D eigenvalue weighted by Gasteiger charge is -2.61. The van der Waals surface area contributed by atoms with Gasteiger partial charge in [0.25, 0.3) is 0 Å². The van der Waals surface area contributed by atoms with Gasteiger partial charge in [-0.25, -0.2) is 4.79 Å². The van der Waals surface area contributed by atoms with Crippen LogP contribution in [0.1, 0.15) is 344 Å².